The molecule has 0 saturated heterocycles. The van der Waals surface area contributed by atoms with E-state index in [1.54, 1.807) is 0 Å². The van der Waals surface area contributed by atoms with E-state index in [0.29, 0.717) is 12.1 Å². The summed E-state index contributed by atoms with van der Waals surface area (Å²) in [5.74, 6) is -5.75. The van der Waals surface area contributed by atoms with Crippen molar-refractivity contribution in [1.29, 1.82) is 0 Å². The first-order valence-electron chi connectivity index (χ1n) is 5.67. The van der Waals surface area contributed by atoms with Gasteiger partial charge >= 0.3 is 5.97 Å². The second kappa shape index (κ2) is 5.66. The van der Waals surface area contributed by atoms with Crippen molar-refractivity contribution in [2.75, 3.05) is 5.32 Å². The number of amides is 1. The molecule has 2 aromatic rings. The molecule has 2 aromatic carbocycles. The molecule has 7 heteroatoms. The minimum atomic E-state index is -1.57. The van der Waals surface area contributed by atoms with E-state index in [2.05, 4.69) is 5.32 Å². The maximum absolute atomic E-state index is 13.2. The van der Waals surface area contributed by atoms with E-state index in [-0.39, 0.29) is 5.69 Å². The minimum absolute atomic E-state index is 0.183. The van der Waals surface area contributed by atoms with Crippen LogP contribution in [0, 0.1) is 17.5 Å². The second-order valence-corrected chi connectivity index (χ2v) is 4.08. The average molecular weight is 295 g/mol. The summed E-state index contributed by atoms with van der Waals surface area (Å²) in [6.07, 6.45) is 0. The normalized spacial score (nSPS) is 10.2. The number of anilines is 1. The molecule has 0 aliphatic rings. The summed E-state index contributed by atoms with van der Waals surface area (Å²) in [5, 5.41) is 11.2. The number of carbonyl (C=O) groups excluding carboxylic acids is 1. The number of hydrogen-bond acceptors (Lipinski definition) is 2. The molecule has 0 atom stereocenters. The van der Waals surface area contributed by atoms with Gasteiger partial charge in [-0.3, -0.25) is 4.79 Å². The molecule has 4 nitrogen and oxygen atoms in total. The number of rotatable bonds is 3. The molecule has 0 spiro atoms. The summed E-state index contributed by atoms with van der Waals surface area (Å²) in [6, 6.07) is 5.58. The second-order valence-electron chi connectivity index (χ2n) is 4.08. The largest absolute Gasteiger partial charge is 0.478 e. The summed E-state index contributed by atoms with van der Waals surface area (Å²) < 4.78 is 39.0. The van der Waals surface area contributed by atoms with E-state index in [1.165, 1.54) is 12.1 Å². The fraction of sp³-hybridized carbons (Fsp3) is 0. The van der Waals surface area contributed by atoms with Gasteiger partial charge in [-0.2, -0.15) is 0 Å². The lowest BCUT2D eigenvalue weighted by atomic mass is 10.1. The third-order valence-corrected chi connectivity index (χ3v) is 2.64. The molecular weight excluding hydrogens is 287 g/mol. The van der Waals surface area contributed by atoms with Crippen LogP contribution >= 0.6 is 0 Å². The van der Waals surface area contributed by atoms with Gasteiger partial charge in [0.25, 0.3) is 5.91 Å². The van der Waals surface area contributed by atoms with Gasteiger partial charge in [0.15, 0.2) is 11.6 Å². The van der Waals surface area contributed by atoms with E-state index in [0.717, 1.165) is 12.1 Å². The molecule has 1 amide bonds. The highest BCUT2D eigenvalue weighted by Crippen LogP contribution is 2.17. The van der Waals surface area contributed by atoms with Crippen LogP contribution in [0.1, 0.15) is 20.7 Å². The Morgan fingerprint density at radius 2 is 1.43 bits per heavy atom. The van der Waals surface area contributed by atoms with Gasteiger partial charge in [0.2, 0.25) is 0 Å². The quantitative estimate of drug-likeness (QED) is 0.914. The number of carboxylic acids is 1. The van der Waals surface area contributed by atoms with Crippen molar-refractivity contribution < 1.29 is 27.9 Å². The predicted octanol–water partition coefficient (Wildman–Crippen LogP) is 3.05. The first-order chi connectivity index (χ1) is 9.88. The van der Waals surface area contributed by atoms with E-state index < -0.39 is 40.5 Å². The number of carboxylic acid groups (broad SMARTS) is 1. The Hall–Kier alpha value is -2.83. The molecule has 2 N–H and O–H groups in total. The van der Waals surface area contributed by atoms with Crippen molar-refractivity contribution in [2.45, 2.75) is 0 Å². The highest BCUT2D eigenvalue weighted by Gasteiger charge is 2.20. The van der Waals surface area contributed by atoms with E-state index in [9.17, 15) is 22.8 Å². The van der Waals surface area contributed by atoms with Crippen molar-refractivity contribution in [3.63, 3.8) is 0 Å². The molecule has 0 fully saturated rings. The van der Waals surface area contributed by atoms with Gasteiger partial charge in [0.05, 0.1) is 11.1 Å². The lowest BCUT2D eigenvalue weighted by Crippen LogP contribution is -2.17. The van der Waals surface area contributed by atoms with Crippen LogP contribution in [-0.2, 0) is 0 Å². The predicted molar refractivity (Wildman–Crippen MR) is 67.7 cm³/mol. The first kappa shape index (κ1) is 14.6. The lowest BCUT2D eigenvalue weighted by Gasteiger charge is -2.08. The molecule has 0 unspecified atom stereocenters. The van der Waals surface area contributed by atoms with Crippen LogP contribution in [0.5, 0.6) is 0 Å². The zero-order valence-corrected chi connectivity index (χ0v) is 10.4. The standard InChI is InChI=1S/C14H8F3NO3/c15-7-1-3-8(4-2-7)18-13(19)9-5-11(16)12(17)6-10(9)14(20)21/h1-6H,(H,18,19)(H,20,21). The Morgan fingerprint density at radius 3 is 1.95 bits per heavy atom. The highest BCUT2D eigenvalue weighted by molar-refractivity contribution is 6.10. The first-order valence-corrected chi connectivity index (χ1v) is 5.67. The van der Waals surface area contributed by atoms with Gasteiger partial charge in [-0.05, 0) is 36.4 Å². The average Bonchev–Trinajstić information content (AvgIpc) is 2.43. The van der Waals surface area contributed by atoms with E-state index in [4.69, 9.17) is 5.11 Å². The number of carbonyl (C=O) groups is 2. The molecule has 0 heterocycles. The van der Waals surface area contributed by atoms with Crippen molar-refractivity contribution in [3.8, 4) is 0 Å². The fourth-order valence-electron chi connectivity index (χ4n) is 1.64. The highest BCUT2D eigenvalue weighted by atomic mass is 19.2. The molecule has 0 aliphatic carbocycles. The van der Waals surface area contributed by atoms with Crippen molar-refractivity contribution in [1.82, 2.24) is 0 Å². The molecule has 21 heavy (non-hydrogen) atoms. The maximum atomic E-state index is 13.2. The lowest BCUT2D eigenvalue weighted by molar-refractivity contribution is 0.0691. The summed E-state index contributed by atoms with van der Waals surface area (Å²) in [4.78, 5) is 22.9. The SMILES string of the molecule is O=C(O)c1cc(F)c(F)cc1C(=O)Nc1ccc(F)cc1. The summed E-state index contributed by atoms with van der Waals surface area (Å²) in [5.41, 5.74) is -1.03. The Labute approximate surface area is 116 Å². The Balaban J connectivity index is 2.36. The monoisotopic (exact) mass is 295 g/mol. The van der Waals surface area contributed by atoms with Gasteiger partial charge < -0.3 is 10.4 Å². The van der Waals surface area contributed by atoms with Crippen LogP contribution < -0.4 is 5.32 Å². The number of benzene rings is 2. The third-order valence-electron chi connectivity index (χ3n) is 2.64. The molecule has 0 bridgehead atoms. The van der Waals surface area contributed by atoms with Crippen LogP contribution in [0.3, 0.4) is 0 Å². The summed E-state index contributed by atoms with van der Waals surface area (Å²) in [6.45, 7) is 0. The van der Waals surface area contributed by atoms with Gasteiger partial charge in [0.1, 0.15) is 5.82 Å². The molecule has 2 rings (SSSR count). The van der Waals surface area contributed by atoms with Crippen LogP contribution in [0.25, 0.3) is 0 Å². The molecule has 108 valence electrons. The molecule has 0 aliphatic heterocycles. The topological polar surface area (TPSA) is 66.4 Å². The van der Waals surface area contributed by atoms with Gasteiger partial charge in [0, 0.05) is 5.69 Å². The van der Waals surface area contributed by atoms with E-state index in [1.807, 2.05) is 0 Å². The zero-order valence-electron chi connectivity index (χ0n) is 10.4. The van der Waals surface area contributed by atoms with Gasteiger partial charge in [-0.15, -0.1) is 0 Å². The van der Waals surface area contributed by atoms with Crippen molar-refractivity contribution >= 4 is 17.6 Å². The van der Waals surface area contributed by atoms with Gasteiger partial charge in [-0.1, -0.05) is 0 Å². The maximum Gasteiger partial charge on any atom is 0.336 e. The van der Waals surface area contributed by atoms with Crippen LogP contribution in [0.15, 0.2) is 36.4 Å². The van der Waals surface area contributed by atoms with Crippen molar-refractivity contribution in [3.05, 3.63) is 65.0 Å². The smallest absolute Gasteiger partial charge is 0.336 e. The molecule has 0 radical (unpaired) electrons. The van der Waals surface area contributed by atoms with Crippen LogP contribution in [0.2, 0.25) is 0 Å². The van der Waals surface area contributed by atoms with E-state index >= 15 is 0 Å². The Morgan fingerprint density at radius 1 is 0.905 bits per heavy atom. The zero-order chi connectivity index (χ0) is 15.6. The number of halogens is 3. The molecule has 0 aromatic heterocycles. The van der Waals surface area contributed by atoms with Gasteiger partial charge in [-0.25, -0.2) is 18.0 Å². The van der Waals surface area contributed by atoms with Crippen LogP contribution in [0.4, 0.5) is 18.9 Å². The Kier molecular flexibility index (Phi) is 3.93. The molecular formula is C14H8F3NO3. The summed E-state index contributed by atoms with van der Waals surface area (Å²) in [7, 11) is 0. The summed E-state index contributed by atoms with van der Waals surface area (Å²) >= 11 is 0. The Bertz CT molecular complexity index is 714. The minimum Gasteiger partial charge on any atom is -0.478 e. The third kappa shape index (κ3) is 3.19. The van der Waals surface area contributed by atoms with Crippen molar-refractivity contribution in [2.24, 2.45) is 0 Å². The van der Waals surface area contributed by atoms with Crippen LogP contribution in [-0.4, -0.2) is 17.0 Å². The number of nitrogens with one attached hydrogen (secondary N) is 1. The molecule has 0 saturated carbocycles. The number of aromatic carboxylic acids is 1. The number of hydrogen-bond donors (Lipinski definition) is 2. The fourth-order valence-corrected chi connectivity index (χ4v) is 1.64.